The molecule has 6 nitrogen and oxygen atoms in total. The summed E-state index contributed by atoms with van der Waals surface area (Å²) in [5, 5.41) is 14.8. The van der Waals surface area contributed by atoms with E-state index in [0.29, 0.717) is 0 Å². The van der Waals surface area contributed by atoms with E-state index in [1.54, 1.807) is 0 Å². The third kappa shape index (κ3) is 2.72. The minimum atomic E-state index is -0.308. The lowest BCUT2D eigenvalue weighted by Gasteiger charge is -2.46. The summed E-state index contributed by atoms with van der Waals surface area (Å²) in [6, 6.07) is 2.05. The van der Waals surface area contributed by atoms with Crippen LogP contribution >= 0.6 is 0 Å². The third-order valence-corrected chi connectivity index (χ3v) is 5.57. The van der Waals surface area contributed by atoms with E-state index in [9.17, 15) is 5.11 Å². The van der Waals surface area contributed by atoms with Crippen LogP contribution in [0.4, 0.5) is 0 Å². The highest BCUT2D eigenvalue weighted by Crippen LogP contribution is 2.35. The monoisotopic (exact) mass is 330 g/mol. The third-order valence-electron chi connectivity index (χ3n) is 5.57. The molecule has 2 aliphatic heterocycles. The van der Waals surface area contributed by atoms with Gasteiger partial charge in [-0.2, -0.15) is 5.10 Å². The second-order valence-corrected chi connectivity index (χ2v) is 7.29. The summed E-state index contributed by atoms with van der Waals surface area (Å²) in [4.78, 5) is 7.09. The van der Waals surface area contributed by atoms with Crippen molar-refractivity contribution in [3.8, 4) is 0 Å². The molecule has 0 unspecified atom stereocenters. The molecular formula is C18H26N4O2. The van der Waals surface area contributed by atoms with E-state index in [1.807, 2.05) is 17.6 Å². The maximum Gasteiger partial charge on any atom is 0.159 e. The SMILES string of the molecule is Cc1cc(C)n2ncc(CN3CCC4(CC3)OCCC[C@@H]4O)c2n1. The number of hydrogen-bond donors (Lipinski definition) is 1. The predicted molar refractivity (Wildman–Crippen MR) is 90.9 cm³/mol. The maximum absolute atomic E-state index is 10.4. The molecule has 0 radical (unpaired) electrons. The molecule has 4 rings (SSSR count). The fourth-order valence-corrected chi connectivity index (χ4v) is 4.15. The van der Waals surface area contributed by atoms with Crippen LogP contribution in [-0.4, -0.2) is 56.0 Å². The van der Waals surface area contributed by atoms with E-state index in [4.69, 9.17) is 4.74 Å². The lowest BCUT2D eigenvalue weighted by molar-refractivity contribution is -0.177. The molecule has 1 spiro atoms. The zero-order valence-corrected chi connectivity index (χ0v) is 14.5. The molecule has 0 amide bonds. The molecule has 2 aliphatic rings. The highest BCUT2D eigenvalue weighted by atomic mass is 16.5. The van der Waals surface area contributed by atoms with Gasteiger partial charge < -0.3 is 9.84 Å². The van der Waals surface area contributed by atoms with Gasteiger partial charge in [0.15, 0.2) is 5.65 Å². The molecule has 0 bridgehead atoms. The van der Waals surface area contributed by atoms with E-state index in [0.717, 1.165) is 69.0 Å². The van der Waals surface area contributed by atoms with Gasteiger partial charge in [-0.1, -0.05) is 0 Å². The van der Waals surface area contributed by atoms with Gasteiger partial charge in [-0.25, -0.2) is 9.50 Å². The van der Waals surface area contributed by atoms with Crippen molar-refractivity contribution in [3.63, 3.8) is 0 Å². The second-order valence-electron chi connectivity index (χ2n) is 7.29. The van der Waals surface area contributed by atoms with Crippen LogP contribution in [-0.2, 0) is 11.3 Å². The topological polar surface area (TPSA) is 62.9 Å². The number of nitrogens with zero attached hydrogens (tertiary/aromatic N) is 4. The number of aliphatic hydroxyl groups excluding tert-OH is 1. The molecule has 0 saturated carbocycles. The number of rotatable bonds is 2. The molecule has 24 heavy (non-hydrogen) atoms. The summed E-state index contributed by atoms with van der Waals surface area (Å²) in [7, 11) is 0. The Bertz CT molecular complexity index is 734. The first-order chi connectivity index (χ1) is 11.6. The molecule has 1 atom stereocenters. The van der Waals surface area contributed by atoms with Crippen LogP contribution in [0.1, 0.15) is 42.6 Å². The minimum Gasteiger partial charge on any atom is -0.390 e. The van der Waals surface area contributed by atoms with E-state index < -0.39 is 0 Å². The molecule has 2 aromatic rings. The quantitative estimate of drug-likeness (QED) is 0.910. The first-order valence-electron chi connectivity index (χ1n) is 8.93. The lowest BCUT2D eigenvalue weighted by Crippen LogP contribution is -2.55. The van der Waals surface area contributed by atoms with E-state index in [1.165, 1.54) is 5.56 Å². The number of piperidine rings is 1. The molecule has 1 N–H and O–H groups in total. The first-order valence-corrected chi connectivity index (χ1v) is 8.93. The minimum absolute atomic E-state index is 0.304. The predicted octanol–water partition coefficient (Wildman–Crippen LogP) is 1.85. The fraction of sp³-hybridized carbons (Fsp3) is 0.667. The Balaban J connectivity index is 1.48. The van der Waals surface area contributed by atoms with Crippen LogP contribution in [0.25, 0.3) is 5.65 Å². The fourth-order valence-electron chi connectivity index (χ4n) is 4.15. The van der Waals surface area contributed by atoms with Crippen molar-refractivity contribution in [2.75, 3.05) is 19.7 Å². The molecule has 2 saturated heterocycles. The number of fused-ring (bicyclic) bond motifs is 1. The Morgan fingerprint density at radius 3 is 2.88 bits per heavy atom. The van der Waals surface area contributed by atoms with Gasteiger partial charge >= 0.3 is 0 Å². The second kappa shape index (κ2) is 6.10. The molecular weight excluding hydrogens is 304 g/mol. The van der Waals surface area contributed by atoms with Crippen LogP contribution < -0.4 is 0 Å². The van der Waals surface area contributed by atoms with Gasteiger partial charge in [0, 0.05) is 43.2 Å². The molecule has 2 fully saturated rings. The summed E-state index contributed by atoms with van der Waals surface area (Å²) in [5.74, 6) is 0. The summed E-state index contributed by atoms with van der Waals surface area (Å²) in [6.07, 6.45) is 5.27. The van der Waals surface area contributed by atoms with Gasteiger partial charge in [0.25, 0.3) is 0 Å². The number of likely N-dealkylation sites (tertiary alicyclic amines) is 1. The highest BCUT2D eigenvalue weighted by Gasteiger charge is 2.43. The zero-order valence-electron chi connectivity index (χ0n) is 14.5. The lowest BCUT2D eigenvalue weighted by atomic mass is 9.82. The van der Waals surface area contributed by atoms with Crippen molar-refractivity contribution in [3.05, 3.63) is 29.2 Å². The van der Waals surface area contributed by atoms with Gasteiger partial charge in [-0.15, -0.1) is 0 Å². The van der Waals surface area contributed by atoms with E-state index >= 15 is 0 Å². The number of aliphatic hydroxyl groups is 1. The standard InChI is InChI=1S/C18H26N4O2/c1-13-10-14(2)22-17(20-13)15(11-19-22)12-21-7-5-18(6-8-21)16(23)4-3-9-24-18/h10-11,16,23H,3-9,12H2,1-2H3/t16-/m0/s1. The Kier molecular flexibility index (Phi) is 4.06. The summed E-state index contributed by atoms with van der Waals surface area (Å²) >= 11 is 0. The number of aryl methyl sites for hydroxylation is 2. The number of ether oxygens (including phenoxy) is 1. The van der Waals surface area contributed by atoms with Gasteiger partial charge in [0.2, 0.25) is 0 Å². The van der Waals surface area contributed by atoms with Crippen molar-refractivity contribution in [2.24, 2.45) is 0 Å². The molecule has 4 heterocycles. The first kappa shape index (κ1) is 16.0. The van der Waals surface area contributed by atoms with E-state index in [2.05, 4.69) is 28.0 Å². The average Bonchev–Trinajstić information content (AvgIpc) is 2.96. The molecule has 2 aromatic heterocycles. The van der Waals surface area contributed by atoms with Crippen LogP contribution in [0.2, 0.25) is 0 Å². The normalized spacial score (nSPS) is 24.7. The van der Waals surface area contributed by atoms with Gasteiger partial charge in [-0.05, 0) is 45.6 Å². The molecule has 130 valence electrons. The smallest absolute Gasteiger partial charge is 0.159 e. The maximum atomic E-state index is 10.4. The van der Waals surface area contributed by atoms with Crippen LogP contribution in [0.3, 0.4) is 0 Å². The number of hydrogen-bond acceptors (Lipinski definition) is 5. The summed E-state index contributed by atoms with van der Waals surface area (Å²) in [5.41, 5.74) is 3.96. The Morgan fingerprint density at radius 2 is 2.12 bits per heavy atom. The Labute approximate surface area is 142 Å². The molecule has 0 aromatic carbocycles. The van der Waals surface area contributed by atoms with Crippen LogP contribution in [0.15, 0.2) is 12.3 Å². The van der Waals surface area contributed by atoms with Gasteiger partial charge in [-0.3, -0.25) is 4.90 Å². The zero-order chi connectivity index (χ0) is 16.7. The van der Waals surface area contributed by atoms with Crippen molar-refractivity contribution in [1.82, 2.24) is 19.5 Å². The summed E-state index contributed by atoms with van der Waals surface area (Å²) < 4.78 is 7.92. The largest absolute Gasteiger partial charge is 0.390 e. The Hall–Kier alpha value is -1.50. The van der Waals surface area contributed by atoms with E-state index in [-0.39, 0.29) is 11.7 Å². The molecule has 6 heteroatoms. The van der Waals surface area contributed by atoms with Gasteiger partial charge in [0.05, 0.1) is 17.9 Å². The highest BCUT2D eigenvalue weighted by molar-refractivity contribution is 5.47. The van der Waals surface area contributed by atoms with Crippen LogP contribution in [0.5, 0.6) is 0 Å². The number of aromatic nitrogens is 3. The van der Waals surface area contributed by atoms with Crippen molar-refractivity contribution in [1.29, 1.82) is 0 Å². The Morgan fingerprint density at radius 1 is 1.33 bits per heavy atom. The van der Waals surface area contributed by atoms with Crippen molar-refractivity contribution >= 4 is 5.65 Å². The molecule has 0 aliphatic carbocycles. The van der Waals surface area contributed by atoms with Crippen molar-refractivity contribution in [2.45, 2.75) is 57.8 Å². The van der Waals surface area contributed by atoms with Crippen LogP contribution in [0, 0.1) is 13.8 Å². The van der Waals surface area contributed by atoms with Crippen molar-refractivity contribution < 1.29 is 9.84 Å². The van der Waals surface area contributed by atoms with Gasteiger partial charge in [0.1, 0.15) is 0 Å². The average molecular weight is 330 g/mol. The summed E-state index contributed by atoms with van der Waals surface area (Å²) in [6.45, 7) is 7.61.